The zero-order valence-electron chi connectivity index (χ0n) is 10.6. The molecule has 0 saturated carbocycles. The molecule has 0 saturated heterocycles. The van der Waals surface area contributed by atoms with E-state index in [2.05, 4.69) is 0 Å². The van der Waals surface area contributed by atoms with Crippen LogP contribution in [0.3, 0.4) is 0 Å². The lowest BCUT2D eigenvalue weighted by molar-refractivity contribution is 0.0696. The van der Waals surface area contributed by atoms with Crippen molar-refractivity contribution >= 4 is 11.9 Å². The summed E-state index contributed by atoms with van der Waals surface area (Å²) >= 11 is 0. The maximum absolute atomic E-state index is 13.6. The van der Waals surface area contributed by atoms with Gasteiger partial charge >= 0.3 is 11.9 Å². The third kappa shape index (κ3) is 3.42. The number of carbonyl (C=O) groups is 2. The number of benzene rings is 2. The summed E-state index contributed by atoms with van der Waals surface area (Å²) in [5.74, 6) is -4.05. The summed E-state index contributed by atoms with van der Waals surface area (Å²) in [6.45, 7) is 0. The normalized spacial score (nSPS) is 10.4. The minimum absolute atomic E-state index is 0.0342. The highest BCUT2D eigenvalue weighted by atomic mass is 19.1. The number of hydrogen-bond acceptors (Lipinski definition) is 2. The van der Waals surface area contributed by atoms with Crippen LogP contribution in [-0.4, -0.2) is 22.2 Å². The van der Waals surface area contributed by atoms with Crippen molar-refractivity contribution in [3.63, 3.8) is 0 Å². The Hall–Kier alpha value is -2.76. The molecule has 0 heterocycles. The lowest BCUT2D eigenvalue weighted by Crippen LogP contribution is -2.05. The average molecular weight is 292 g/mol. The highest BCUT2D eigenvalue weighted by Crippen LogP contribution is 2.18. The van der Waals surface area contributed by atoms with Crippen molar-refractivity contribution in [3.8, 4) is 0 Å². The van der Waals surface area contributed by atoms with Crippen LogP contribution >= 0.6 is 0 Å². The molecule has 0 amide bonds. The van der Waals surface area contributed by atoms with Gasteiger partial charge in [-0.2, -0.15) is 0 Å². The molecule has 4 nitrogen and oxygen atoms in total. The van der Waals surface area contributed by atoms with E-state index in [1.807, 2.05) is 0 Å². The molecule has 6 heteroatoms. The van der Waals surface area contributed by atoms with Crippen molar-refractivity contribution in [2.24, 2.45) is 0 Å². The predicted octanol–water partition coefficient (Wildman–Crippen LogP) is 2.95. The van der Waals surface area contributed by atoms with E-state index in [-0.39, 0.29) is 23.1 Å². The van der Waals surface area contributed by atoms with Gasteiger partial charge in [-0.25, -0.2) is 18.4 Å². The van der Waals surface area contributed by atoms with Gasteiger partial charge in [-0.15, -0.1) is 0 Å². The largest absolute Gasteiger partial charge is 0.478 e. The molecule has 2 aromatic carbocycles. The number of carboxylic acid groups (broad SMARTS) is 2. The second-order valence-electron chi connectivity index (χ2n) is 4.44. The Morgan fingerprint density at radius 1 is 0.905 bits per heavy atom. The molecule has 0 atom stereocenters. The van der Waals surface area contributed by atoms with Crippen molar-refractivity contribution in [1.82, 2.24) is 0 Å². The van der Waals surface area contributed by atoms with Gasteiger partial charge in [-0.05, 0) is 35.4 Å². The number of hydrogen-bond donors (Lipinski definition) is 2. The van der Waals surface area contributed by atoms with Gasteiger partial charge in [0.05, 0.1) is 11.1 Å². The molecule has 2 N–H and O–H groups in total. The average Bonchev–Trinajstić information content (AvgIpc) is 2.41. The minimum atomic E-state index is -1.28. The summed E-state index contributed by atoms with van der Waals surface area (Å²) in [6, 6.07) is 6.58. The Balaban J connectivity index is 2.43. The molecular formula is C15H10F2O4. The molecule has 0 spiro atoms. The van der Waals surface area contributed by atoms with Crippen LogP contribution < -0.4 is 0 Å². The first-order chi connectivity index (χ1) is 9.86. The van der Waals surface area contributed by atoms with Crippen LogP contribution in [0, 0.1) is 11.6 Å². The number of carboxylic acids is 2. The van der Waals surface area contributed by atoms with Gasteiger partial charge in [-0.1, -0.05) is 6.07 Å². The van der Waals surface area contributed by atoms with Gasteiger partial charge in [0.15, 0.2) is 0 Å². The first-order valence-electron chi connectivity index (χ1n) is 5.91. The molecule has 0 aromatic heterocycles. The van der Waals surface area contributed by atoms with Crippen molar-refractivity contribution in [2.75, 3.05) is 0 Å². The third-order valence-corrected chi connectivity index (χ3v) is 2.90. The van der Waals surface area contributed by atoms with Gasteiger partial charge in [0.25, 0.3) is 0 Å². The molecule has 0 bridgehead atoms. The zero-order valence-corrected chi connectivity index (χ0v) is 10.6. The third-order valence-electron chi connectivity index (χ3n) is 2.90. The first kappa shape index (κ1) is 14.6. The SMILES string of the molecule is O=C(O)c1cc(Cc2ccc(F)cc2F)cc(C(=O)O)c1. The Labute approximate surface area is 118 Å². The molecule has 0 radical (unpaired) electrons. The summed E-state index contributed by atoms with van der Waals surface area (Å²) in [7, 11) is 0. The smallest absolute Gasteiger partial charge is 0.335 e. The summed E-state index contributed by atoms with van der Waals surface area (Å²) in [5.41, 5.74) is 0.0629. The lowest BCUT2D eigenvalue weighted by Gasteiger charge is -2.07. The molecule has 0 fully saturated rings. The fraction of sp³-hybridized carbons (Fsp3) is 0.0667. The Kier molecular flexibility index (Phi) is 3.98. The van der Waals surface area contributed by atoms with E-state index in [1.165, 1.54) is 18.2 Å². The van der Waals surface area contributed by atoms with E-state index in [9.17, 15) is 18.4 Å². The summed E-state index contributed by atoms with van der Waals surface area (Å²) < 4.78 is 26.4. The van der Waals surface area contributed by atoms with Crippen LogP contribution in [0.2, 0.25) is 0 Å². The maximum Gasteiger partial charge on any atom is 0.335 e. The molecule has 0 aliphatic carbocycles. The van der Waals surface area contributed by atoms with Crippen molar-refractivity contribution in [1.29, 1.82) is 0 Å². The summed E-state index contributed by atoms with van der Waals surface area (Å²) in [5, 5.41) is 17.9. The lowest BCUT2D eigenvalue weighted by atomic mass is 9.99. The highest BCUT2D eigenvalue weighted by molar-refractivity contribution is 5.94. The highest BCUT2D eigenvalue weighted by Gasteiger charge is 2.13. The Morgan fingerprint density at radius 3 is 1.95 bits per heavy atom. The van der Waals surface area contributed by atoms with E-state index in [4.69, 9.17) is 10.2 Å². The molecule has 2 rings (SSSR count). The van der Waals surface area contributed by atoms with Gasteiger partial charge in [0, 0.05) is 12.5 Å². The van der Waals surface area contributed by atoms with Gasteiger partial charge in [0.2, 0.25) is 0 Å². The Morgan fingerprint density at radius 2 is 1.48 bits per heavy atom. The van der Waals surface area contributed by atoms with Crippen LogP contribution in [0.15, 0.2) is 36.4 Å². The molecule has 2 aromatic rings. The molecule has 0 aliphatic heterocycles. The van der Waals surface area contributed by atoms with Crippen molar-refractivity contribution in [3.05, 3.63) is 70.3 Å². The van der Waals surface area contributed by atoms with Gasteiger partial charge in [0.1, 0.15) is 11.6 Å². The number of aromatic carboxylic acids is 2. The van der Waals surface area contributed by atoms with Crippen LogP contribution in [0.25, 0.3) is 0 Å². The van der Waals surface area contributed by atoms with Crippen LogP contribution in [0.1, 0.15) is 31.8 Å². The molecule has 21 heavy (non-hydrogen) atoms. The quantitative estimate of drug-likeness (QED) is 0.908. The van der Waals surface area contributed by atoms with Crippen LogP contribution in [-0.2, 0) is 6.42 Å². The van der Waals surface area contributed by atoms with E-state index in [0.29, 0.717) is 11.6 Å². The van der Waals surface area contributed by atoms with Gasteiger partial charge in [-0.3, -0.25) is 0 Å². The van der Waals surface area contributed by atoms with E-state index in [1.54, 1.807) is 0 Å². The standard InChI is InChI=1S/C15H10F2O4/c16-12-2-1-9(13(17)7-12)3-8-4-10(14(18)19)6-11(5-8)15(20)21/h1-2,4-7H,3H2,(H,18,19)(H,20,21). The van der Waals surface area contributed by atoms with E-state index >= 15 is 0 Å². The van der Waals surface area contributed by atoms with Crippen LogP contribution in [0.5, 0.6) is 0 Å². The van der Waals surface area contributed by atoms with Crippen molar-refractivity contribution < 1.29 is 28.6 Å². The topological polar surface area (TPSA) is 74.6 Å². The second-order valence-corrected chi connectivity index (χ2v) is 4.44. The first-order valence-corrected chi connectivity index (χ1v) is 5.91. The molecule has 108 valence electrons. The summed E-state index contributed by atoms with van der Waals surface area (Å²) in [6.07, 6.45) is -0.0342. The molecule has 0 unspecified atom stereocenters. The number of rotatable bonds is 4. The van der Waals surface area contributed by atoms with E-state index < -0.39 is 23.6 Å². The van der Waals surface area contributed by atoms with E-state index in [0.717, 1.165) is 12.1 Å². The fourth-order valence-corrected chi connectivity index (χ4v) is 1.93. The monoisotopic (exact) mass is 292 g/mol. The molecular weight excluding hydrogens is 282 g/mol. The maximum atomic E-state index is 13.6. The molecule has 0 aliphatic rings. The number of halogens is 2. The minimum Gasteiger partial charge on any atom is -0.478 e. The van der Waals surface area contributed by atoms with Gasteiger partial charge < -0.3 is 10.2 Å². The second kappa shape index (κ2) is 5.70. The predicted molar refractivity (Wildman–Crippen MR) is 69.5 cm³/mol. The Bertz CT molecular complexity index is 693. The fourth-order valence-electron chi connectivity index (χ4n) is 1.93. The van der Waals surface area contributed by atoms with Crippen molar-refractivity contribution in [2.45, 2.75) is 6.42 Å². The summed E-state index contributed by atoms with van der Waals surface area (Å²) in [4.78, 5) is 22.0. The van der Waals surface area contributed by atoms with Crippen LogP contribution in [0.4, 0.5) is 8.78 Å². The zero-order chi connectivity index (χ0) is 15.6.